The van der Waals surface area contributed by atoms with Gasteiger partial charge in [0.25, 0.3) is 11.7 Å². The van der Waals surface area contributed by atoms with Crippen LogP contribution in [0.25, 0.3) is 5.76 Å². The molecule has 6 heteroatoms. The number of hydrogen-bond acceptors (Lipinski definition) is 4. The zero-order valence-corrected chi connectivity index (χ0v) is 15.5. The smallest absolute Gasteiger partial charge is 0.303 e. The summed E-state index contributed by atoms with van der Waals surface area (Å²) in [6.45, 7) is 2.02. The average molecular weight is 379 g/mol. The van der Waals surface area contributed by atoms with Gasteiger partial charge in [-0.25, -0.2) is 0 Å². The largest absolute Gasteiger partial charge is 0.507 e. The van der Waals surface area contributed by atoms with E-state index >= 15 is 0 Å². The molecule has 28 heavy (non-hydrogen) atoms. The molecule has 0 spiro atoms. The first kappa shape index (κ1) is 19.4. The van der Waals surface area contributed by atoms with Crippen molar-refractivity contribution in [3.8, 4) is 0 Å². The molecule has 2 N–H and O–H groups in total. The SMILES string of the molecule is Cc1ccc(C(O)=C2C(=O)C(=O)N(CCCC(=O)O)[C@H]2c2ccccc2)cc1. The number of nitrogens with zero attached hydrogens (tertiary/aromatic N) is 1. The van der Waals surface area contributed by atoms with Crippen LogP contribution in [0.1, 0.15) is 35.6 Å². The fraction of sp³-hybridized carbons (Fsp3) is 0.227. The third kappa shape index (κ3) is 3.81. The summed E-state index contributed by atoms with van der Waals surface area (Å²) < 4.78 is 0. The van der Waals surface area contributed by atoms with Crippen LogP contribution in [0.2, 0.25) is 0 Å². The van der Waals surface area contributed by atoms with Crippen molar-refractivity contribution in [3.05, 3.63) is 76.9 Å². The molecule has 0 aromatic heterocycles. The van der Waals surface area contributed by atoms with E-state index in [2.05, 4.69) is 0 Å². The van der Waals surface area contributed by atoms with E-state index in [9.17, 15) is 19.5 Å². The molecule has 0 bridgehead atoms. The molecule has 1 fully saturated rings. The fourth-order valence-electron chi connectivity index (χ4n) is 3.36. The quantitative estimate of drug-likeness (QED) is 0.456. The lowest BCUT2D eigenvalue weighted by molar-refractivity contribution is -0.140. The van der Waals surface area contributed by atoms with Gasteiger partial charge in [0.15, 0.2) is 0 Å². The fourth-order valence-corrected chi connectivity index (χ4v) is 3.36. The first-order chi connectivity index (χ1) is 13.4. The van der Waals surface area contributed by atoms with E-state index in [0.717, 1.165) is 5.56 Å². The van der Waals surface area contributed by atoms with Gasteiger partial charge in [0.2, 0.25) is 0 Å². The minimum atomic E-state index is -0.965. The normalized spacial score (nSPS) is 18.5. The molecule has 1 amide bonds. The zero-order chi connectivity index (χ0) is 20.3. The highest BCUT2D eigenvalue weighted by Crippen LogP contribution is 2.39. The second-order valence-electron chi connectivity index (χ2n) is 6.77. The Morgan fingerprint density at radius 3 is 2.25 bits per heavy atom. The minimum absolute atomic E-state index is 0.0235. The number of carboxylic acid groups (broad SMARTS) is 1. The number of aliphatic hydroxyl groups is 1. The first-order valence-electron chi connectivity index (χ1n) is 9.02. The van der Waals surface area contributed by atoms with Gasteiger partial charge in [-0.15, -0.1) is 0 Å². The monoisotopic (exact) mass is 379 g/mol. The van der Waals surface area contributed by atoms with E-state index in [1.165, 1.54) is 4.90 Å². The highest BCUT2D eigenvalue weighted by Gasteiger charge is 2.45. The molecule has 2 aromatic rings. The number of carboxylic acids is 1. The Hall–Kier alpha value is -3.41. The molecular weight excluding hydrogens is 358 g/mol. The maximum Gasteiger partial charge on any atom is 0.303 e. The van der Waals surface area contributed by atoms with Crippen LogP contribution in [0.4, 0.5) is 0 Å². The van der Waals surface area contributed by atoms with Gasteiger partial charge in [0.1, 0.15) is 5.76 Å². The predicted molar refractivity (Wildman–Crippen MR) is 104 cm³/mol. The number of carbonyl (C=O) groups is 3. The number of amides is 1. The van der Waals surface area contributed by atoms with Gasteiger partial charge in [-0.05, 0) is 18.9 Å². The van der Waals surface area contributed by atoms with Crippen molar-refractivity contribution in [2.24, 2.45) is 0 Å². The molecule has 1 saturated heterocycles. The zero-order valence-electron chi connectivity index (χ0n) is 15.5. The van der Waals surface area contributed by atoms with E-state index in [1.807, 2.05) is 25.1 Å². The number of benzene rings is 2. The Morgan fingerprint density at radius 2 is 1.64 bits per heavy atom. The number of Topliss-reactive ketones (excluding diaryl/α,β-unsaturated/α-hetero) is 1. The minimum Gasteiger partial charge on any atom is -0.507 e. The van der Waals surface area contributed by atoms with Crippen molar-refractivity contribution in [1.29, 1.82) is 0 Å². The van der Waals surface area contributed by atoms with E-state index in [4.69, 9.17) is 5.11 Å². The van der Waals surface area contributed by atoms with Crippen LogP contribution in [-0.2, 0) is 14.4 Å². The van der Waals surface area contributed by atoms with Crippen LogP contribution in [-0.4, -0.2) is 39.3 Å². The number of rotatable bonds is 6. The van der Waals surface area contributed by atoms with E-state index < -0.39 is 23.7 Å². The van der Waals surface area contributed by atoms with Gasteiger partial charge < -0.3 is 15.1 Å². The Morgan fingerprint density at radius 1 is 1.00 bits per heavy atom. The summed E-state index contributed by atoms with van der Waals surface area (Å²) in [4.78, 5) is 37.6. The Kier molecular flexibility index (Phi) is 5.59. The third-order valence-electron chi connectivity index (χ3n) is 4.77. The summed E-state index contributed by atoms with van der Waals surface area (Å²) in [6, 6.07) is 15.2. The van der Waals surface area contributed by atoms with Gasteiger partial charge in [0.05, 0.1) is 11.6 Å². The standard InChI is InChI=1S/C22H21NO5/c1-14-9-11-16(12-10-14)20(26)18-19(15-6-3-2-4-7-15)23(22(28)21(18)27)13-5-8-17(24)25/h2-4,6-7,9-12,19,26H,5,8,13H2,1H3,(H,24,25)/t19-/m0/s1. The molecule has 1 atom stereocenters. The lowest BCUT2D eigenvalue weighted by Gasteiger charge is -2.25. The molecule has 1 aliphatic rings. The van der Waals surface area contributed by atoms with Crippen LogP contribution < -0.4 is 0 Å². The van der Waals surface area contributed by atoms with E-state index in [0.29, 0.717) is 11.1 Å². The first-order valence-corrected chi connectivity index (χ1v) is 9.02. The van der Waals surface area contributed by atoms with E-state index in [1.54, 1.807) is 36.4 Å². The summed E-state index contributed by atoms with van der Waals surface area (Å²) in [5.74, 6) is -2.68. The second-order valence-corrected chi connectivity index (χ2v) is 6.77. The van der Waals surface area contributed by atoms with Crippen LogP contribution in [0.15, 0.2) is 60.2 Å². The average Bonchev–Trinajstić information content (AvgIpc) is 2.93. The third-order valence-corrected chi connectivity index (χ3v) is 4.77. The maximum absolute atomic E-state index is 12.8. The molecule has 2 aromatic carbocycles. The molecule has 0 aliphatic carbocycles. The summed E-state index contributed by atoms with van der Waals surface area (Å²) in [5.41, 5.74) is 2.17. The maximum atomic E-state index is 12.8. The lowest BCUT2D eigenvalue weighted by Crippen LogP contribution is -2.31. The van der Waals surface area contributed by atoms with Crippen molar-refractivity contribution in [3.63, 3.8) is 0 Å². The number of aryl methyl sites for hydroxylation is 1. The van der Waals surface area contributed by atoms with Crippen LogP contribution in [0.5, 0.6) is 0 Å². The molecule has 0 saturated carbocycles. The van der Waals surface area contributed by atoms with Crippen molar-refractivity contribution in [1.82, 2.24) is 4.90 Å². The Bertz CT molecular complexity index is 931. The van der Waals surface area contributed by atoms with Crippen molar-refractivity contribution in [2.45, 2.75) is 25.8 Å². The van der Waals surface area contributed by atoms with Crippen molar-refractivity contribution >= 4 is 23.4 Å². The lowest BCUT2D eigenvalue weighted by atomic mass is 9.95. The van der Waals surface area contributed by atoms with Gasteiger partial charge >= 0.3 is 5.97 Å². The Labute approximate surface area is 162 Å². The summed E-state index contributed by atoms with van der Waals surface area (Å²) in [7, 11) is 0. The van der Waals surface area contributed by atoms with Gasteiger partial charge in [0, 0.05) is 18.5 Å². The Balaban J connectivity index is 2.07. The molecule has 1 heterocycles. The number of likely N-dealkylation sites (tertiary alicyclic amines) is 1. The number of hydrogen-bond donors (Lipinski definition) is 2. The van der Waals surface area contributed by atoms with Crippen LogP contribution in [0.3, 0.4) is 0 Å². The molecule has 0 radical (unpaired) electrons. The molecule has 3 rings (SSSR count). The number of aliphatic carboxylic acids is 1. The van der Waals surface area contributed by atoms with Crippen molar-refractivity contribution < 1.29 is 24.6 Å². The summed E-state index contributed by atoms with van der Waals surface area (Å²) in [5, 5.41) is 19.7. The topological polar surface area (TPSA) is 94.9 Å². The van der Waals surface area contributed by atoms with Gasteiger partial charge in [-0.1, -0.05) is 60.2 Å². The van der Waals surface area contributed by atoms with E-state index in [-0.39, 0.29) is 30.7 Å². The van der Waals surface area contributed by atoms with Gasteiger partial charge in [-0.2, -0.15) is 0 Å². The molecule has 6 nitrogen and oxygen atoms in total. The molecular formula is C22H21NO5. The summed E-state index contributed by atoms with van der Waals surface area (Å²) in [6.07, 6.45) is 0.110. The van der Waals surface area contributed by atoms with Crippen molar-refractivity contribution in [2.75, 3.05) is 6.54 Å². The molecule has 144 valence electrons. The molecule has 0 unspecified atom stereocenters. The number of aliphatic hydroxyl groups excluding tert-OH is 1. The second kappa shape index (κ2) is 8.08. The highest BCUT2D eigenvalue weighted by molar-refractivity contribution is 6.46. The number of carbonyl (C=O) groups excluding carboxylic acids is 2. The molecule has 1 aliphatic heterocycles. The van der Waals surface area contributed by atoms with Gasteiger partial charge in [-0.3, -0.25) is 14.4 Å². The highest BCUT2D eigenvalue weighted by atomic mass is 16.4. The summed E-state index contributed by atoms with van der Waals surface area (Å²) >= 11 is 0. The predicted octanol–water partition coefficient (Wildman–Crippen LogP) is 3.28. The number of ketones is 1. The van der Waals surface area contributed by atoms with Crippen LogP contribution in [0, 0.1) is 6.92 Å². The van der Waals surface area contributed by atoms with Crippen LogP contribution >= 0.6 is 0 Å².